The summed E-state index contributed by atoms with van der Waals surface area (Å²) in [5.74, 6) is 2.45. The van der Waals surface area contributed by atoms with E-state index in [1.165, 1.54) is 0 Å². The van der Waals surface area contributed by atoms with Crippen molar-refractivity contribution in [2.75, 3.05) is 0 Å². The minimum atomic E-state index is -1.06. The molecule has 0 bridgehead atoms. The van der Waals surface area contributed by atoms with Crippen molar-refractivity contribution in [2.24, 2.45) is 0 Å². The molecule has 0 fully saturated rings. The van der Waals surface area contributed by atoms with Gasteiger partial charge in [-0.05, 0) is 12.8 Å². The predicted molar refractivity (Wildman–Crippen MR) is 43.3 cm³/mol. The highest BCUT2D eigenvalue weighted by Gasteiger charge is 2.24. The molecule has 0 spiro atoms. The number of terminal acetylenes is 1. The Balaban J connectivity index is 4.32. The van der Waals surface area contributed by atoms with Gasteiger partial charge in [-0.15, -0.1) is 6.42 Å². The molecule has 0 rings (SSSR count). The van der Waals surface area contributed by atoms with Gasteiger partial charge >= 0.3 is 6.09 Å². The van der Waals surface area contributed by atoms with Gasteiger partial charge < -0.3 is 10.4 Å². The Morgan fingerprint density at radius 2 is 2.09 bits per heavy atom. The monoisotopic (exact) mass is 155 g/mol. The first-order chi connectivity index (χ1) is 5.10. The fourth-order valence-corrected chi connectivity index (χ4v) is 0.872. The molecule has 0 radical (unpaired) electrons. The van der Waals surface area contributed by atoms with Crippen LogP contribution in [0, 0.1) is 12.3 Å². The van der Waals surface area contributed by atoms with Gasteiger partial charge in [0.15, 0.2) is 0 Å². The number of hydrogen-bond donors (Lipinski definition) is 2. The third-order valence-electron chi connectivity index (χ3n) is 1.83. The minimum Gasteiger partial charge on any atom is -0.465 e. The molecule has 62 valence electrons. The highest BCUT2D eigenvalue weighted by molar-refractivity contribution is 5.66. The van der Waals surface area contributed by atoms with Gasteiger partial charge in [-0.3, -0.25) is 0 Å². The molecule has 0 aromatic rings. The molecule has 0 heterocycles. The summed E-state index contributed by atoms with van der Waals surface area (Å²) >= 11 is 0. The zero-order valence-electron chi connectivity index (χ0n) is 6.85. The summed E-state index contributed by atoms with van der Waals surface area (Å²) in [5, 5.41) is 10.8. The summed E-state index contributed by atoms with van der Waals surface area (Å²) in [6, 6.07) is 0. The number of rotatable bonds is 3. The summed E-state index contributed by atoms with van der Waals surface area (Å²) in [6.45, 7) is 3.72. The Morgan fingerprint density at radius 1 is 1.64 bits per heavy atom. The first-order valence-electron chi connectivity index (χ1n) is 3.59. The van der Waals surface area contributed by atoms with Crippen LogP contribution in [-0.2, 0) is 0 Å². The van der Waals surface area contributed by atoms with Crippen molar-refractivity contribution in [3.05, 3.63) is 0 Å². The third-order valence-corrected chi connectivity index (χ3v) is 1.83. The third kappa shape index (κ3) is 2.50. The number of carbonyl (C=O) groups is 1. The van der Waals surface area contributed by atoms with E-state index in [4.69, 9.17) is 11.5 Å². The van der Waals surface area contributed by atoms with Crippen LogP contribution in [0.5, 0.6) is 0 Å². The van der Waals surface area contributed by atoms with E-state index in [1.54, 1.807) is 0 Å². The lowest BCUT2D eigenvalue weighted by Gasteiger charge is -2.24. The van der Waals surface area contributed by atoms with Crippen molar-refractivity contribution < 1.29 is 9.90 Å². The Morgan fingerprint density at radius 3 is 2.18 bits per heavy atom. The van der Waals surface area contributed by atoms with Crippen LogP contribution in [0.15, 0.2) is 0 Å². The molecule has 3 heteroatoms. The van der Waals surface area contributed by atoms with E-state index < -0.39 is 11.6 Å². The van der Waals surface area contributed by atoms with Crippen molar-refractivity contribution in [3.63, 3.8) is 0 Å². The van der Waals surface area contributed by atoms with Gasteiger partial charge in [0.25, 0.3) is 0 Å². The summed E-state index contributed by atoms with van der Waals surface area (Å²) in [5.41, 5.74) is -0.675. The van der Waals surface area contributed by atoms with Crippen molar-refractivity contribution in [3.8, 4) is 12.3 Å². The van der Waals surface area contributed by atoms with Crippen molar-refractivity contribution in [1.82, 2.24) is 5.32 Å². The second kappa shape index (κ2) is 3.87. The van der Waals surface area contributed by atoms with Gasteiger partial charge in [-0.25, -0.2) is 4.79 Å². The Labute approximate surface area is 66.8 Å². The van der Waals surface area contributed by atoms with E-state index in [9.17, 15) is 4.79 Å². The molecule has 1 amide bonds. The average Bonchev–Trinajstić information content (AvgIpc) is 2.00. The Kier molecular flexibility index (Phi) is 3.46. The van der Waals surface area contributed by atoms with Crippen LogP contribution in [0.2, 0.25) is 0 Å². The zero-order valence-corrected chi connectivity index (χ0v) is 6.85. The molecule has 0 aliphatic heterocycles. The van der Waals surface area contributed by atoms with Gasteiger partial charge in [-0.1, -0.05) is 19.8 Å². The summed E-state index contributed by atoms with van der Waals surface area (Å²) in [7, 11) is 0. The van der Waals surface area contributed by atoms with E-state index in [-0.39, 0.29) is 0 Å². The maximum Gasteiger partial charge on any atom is 0.405 e. The lowest BCUT2D eigenvalue weighted by Crippen LogP contribution is -2.45. The Bertz CT molecular complexity index is 177. The van der Waals surface area contributed by atoms with Crippen LogP contribution in [0.4, 0.5) is 4.79 Å². The molecule has 0 atom stereocenters. The molecule has 0 aromatic carbocycles. The highest BCUT2D eigenvalue weighted by Crippen LogP contribution is 2.12. The number of hydrogen-bond acceptors (Lipinski definition) is 1. The average molecular weight is 155 g/mol. The van der Waals surface area contributed by atoms with E-state index in [0.717, 1.165) is 0 Å². The van der Waals surface area contributed by atoms with Gasteiger partial charge in [0.05, 0.1) is 0 Å². The summed E-state index contributed by atoms with van der Waals surface area (Å²) in [6.07, 6.45) is 5.37. The van der Waals surface area contributed by atoms with Gasteiger partial charge in [0.2, 0.25) is 0 Å². The van der Waals surface area contributed by atoms with E-state index in [0.29, 0.717) is 12.8 Å². The SMILES string of the molecule is C#CC(CC)(CC)NC(=O)O. The lowest BCUT2D eigenvalue weighted by molar-refractivity contribution is 0.183. The van der Waals surface area contributed by atoms with Crippen molar-refractivity contribution >= 4 is 6.09 Å². The van der Waals surface area contributed by atoms with Crippen LogP contribution in [0.1, 0.15) is 26.7 Å². The molecule has 0 unspecified atom stereocenters. The molecule has 0 saturated carbocycles. The fourth-order valence-electron chi connectivity index (χ4n) is 0.872. The van der Waals surface area contributed by atoms with Crippen LogP contribution >= 0.6 is 0 Å². The first-order valence-corrected chi connectivity index (χ1v) is 3.59. The largest absolute Gasteiger partial charge is 0.465 e. The molecule has 11 heavy (non-hydrogen) atoms. The summed E-state index contributed by atoms with van der Waals surface area (Å²) < 4.78 is 0. The van der Waals surface area contributed by atoms with Gasteiger partial charge in [0.1, 0.15) is 5.54 Å². The normalized spacial score (nSPS) is 10.3. The number of carboxylic acid groups (broad SMARTS) is 1. The van der Waals surface area contributed by atoms with Crippen LogP contribution < -0.4 is 5.32 Å². The van der Waals surface area contributed by atoms with Crippen LogP contribution in [-0.4, -0.2) is 16.7 Å². The van der Waals surface area contributed by atoms with Gasteiger partial charge in [0, 0.05) is 0 Å². The lowest BCUT2D eigenvalue weighted by atomic mass is 9.94. The predicted octanol–water partition coefficient (Wildman–Crippen LogP) is 1.45. The quantitative estimate of drug-likeness (QED) is 0.606. The maximum atomic E-state index is 10.3. The van der Waals surface area contributed by atoms with E-state index in [2.05, 4.69) is 11.2 Å². The fraction of sp³-hybridized carbons (Fsp3) is 0.625. The number of nitrogens with one attached hydrogen (secondary N) is 1. The molecule has 2 N–H and O–H groups in total. The second-order valence-electron chi connectivity index (χ2n) is 2.36. The first kappa shape index (κ1) is 9.83. The molecule has 0 aliphatic carbocycles. The zero-order chi connectivity index (χ0) is 8.91. The Hall–Kier alpha value is -1.17. The molecule has 3 nitrogen and oxygen atoms in total. The molecule has 0 aromatic heterocycles. The second-order valence-corrected chi connectivity index (χ2v) is 2.36. The smallest absolute Gasteiger partial charge is 0.405 e. The topological polar surface area (TPSA) is 49.3 Å². The molecule has 0 aliphatic rings. The molecular formula is C8H13NO2. The number of amides is 1. The highest BCUT2D eigenvalue weighted by atomic mass is 16.4. The minimum absolute atomic E-state index is 0.617. The molecular weight excluding hydrogens is 142 g/mol. The van der Waals surface area contributed by atoms with Crippen molar-refractivity contribution in [1.29, 1.82) is 0 Å². The summed E-state index contributed by atoms with van der Waals surface area (Å²) in [4.78, 5) is 10.3. The van der Waals surface area contributed by atoms with Crippen molar-refractivity contribution in [2.45, 2.75) is 32.2 Å². The molecule has 0 saturated heterocycles. The van der Waals surface area contributed by atoms with Crippen LogP contribution in [0.3, 0.4) is 0 Å². The van der Waals surface area contributed by atoms with Crippen LogP contribution in [0.25, 0.3) is 0 Å². The maximum absolute atomic E-state index is 10.3. The standard InChI is InChI=1S/C8H13NO2/c1-4-8(5-2,6-3)9-7(10)11/h1,9H,5-6H2,2-3H3,(H,10,11). The van der Waals surface area contributed by atoms with E-state index >= 15 is 0 Å². The van der Waals surface area contributed by atoms with E-state index in [1.807, 2.05) is 13.8 Å². The van der Waals surface area contributed by atoms with Gasteiger partial charge in [-0.2, -0.15) is 0 Å².